The molecule has 11 nitrogen and oxygen atoms in total. The van der Waals surface area contributed by atoms with Gasteiger partial charge in [0.2, 0.25) is 0 Å². The predicted molar refractivity (Wildman–Crippen MR) is 136 cm³/mol. The number of carboxylic acid groups (broad SMARTS) is 3. The van der Waals surface area contributed by atoms with Crippen LogP contribution in [0.25, 0.3) is 0 Å². The minimum Gasteiger partial charge on any atom is -0.475 e. The molecule has 4 heterocycles. The zero-order valence-corrected chi connectivity index (χ0v) is 23.7. The van der Waals surface area contributed by atoms with Crippen LogP contribution in [0.15, 0.2) is 42.6 Å². The smallest absolute Gasteiger partial charge is 0.475 e. The summed E-state index contributed by atoms with van der Waals surface area (Å²) in [4.78, 5) is 38.0. The topological polar surface area (TPSA) is 159 Å². The number of aliphatic carboxylic acids is 3. The van der Waals surface area contributed by atoms with Crippen LogP contribution in [0.4, 0.5) is 39.5 Å². The van der Waals surface area contributed by atoms with Gasteiger partial charge in [0.1, 0.15) is 0 Å². The van der Waals surface area contributed by atoms with E-state index in [0.29, 0.717) is 6.61 Å². The summed E-state index contributed by atoms with van der Waals surface area (Å²) in [6.45, 7) is 6.20. The van der Waals surface area contributed by atoms with Crippen LogP contribution in [0, 0.1) is 6.92 Å². The average molecular weight is 682 g/mol. The standard InChI is InChI=1S/C20H25N3O2.3C2HF3O2/c1-16-5-4-7-18(22-16)13-24-19-8-10-25-20(11-19)14-23(15-20)12-17-6-2-3-9-21-17;3*3-2(4,5)1(6)7/h2-7,9,19H,8,10-15H2,1H3;3*(H,6,7). The fourth-order valence-electron chi connectivity index (χ4n) is 3.83. The molecule has 2 aliphatic rings. The van der Waals surface area contributed by atoms with E-state index in [0.717, 1.165) is 56.2 Å². The lowest BCUT2D eigenvalue weighted by atomic mass is 9.84. The van der Waals surface area contributed by atoms with Crippen molar-refractivity contribution in [3.05, 3.63) is 59.7 Å². The van der Waals surface area contributed by atoms with Crippen LogP contribution >= 0.6 is 0 Å². The first kappa shape index (κ1) is 40.0. The number of rotatable bonds is 5. The summed E-state index contributed by atoms with van der Waals surface area (Å²) in [5.74, 6) is -8.27. The molecule has 2 aliphatic heterocycles. The van der Waals surface area contributed by atoms with E-state index < -0.39 is 36.4 Å². The minimum atomic E-state index is -5.08. The van der Waals surface area contributed by atoms with Crippen LogP contribution in [0.2, 0.25) is 0 Å². The third kappa shape index (κ3) is 15.3. The molecule has 258 valence electrons. The molecule has 2 aromatic rings. The number of aromatic nitrogens is 2. The van der Waals surface area contributed by atoms with Gasteiger partial charge in [0.25, 0.3) is 0 Å². The van der Waals surface area contributed by atoms with Crippen molar-refractivity contribution < 1.29 is 78.7 Å². The molecule has 4 rings (SSSR count). The predicted octanol–water partition coefficient (Wildman–Crippen LogP) is 4.64. The van der Waals surface area contributed by atoms with Crippen LogP contribution in [0.3, 0.4) is 0 Å². The highest BCUT2D eigenvalue weighted by molar-refractivity contribution is 5.73. The molecule has 0 amide bonds. The van der Waals surface area contributed by atoms with Gasteiger partial charge in [-0.2, -0.15) is 39.5 Å². The van der Waals surface area contributed by atoms with Gasteiger partial charge < -0.3 is 24.8 Å². The number of aryl methyl sites for hydroxylation is 1. The molecule has 46 heavy (non-hydrogen) atoms. The van der Waals surface area contributed by atoms with Gasteiger partial charge in [0, 0.05) is 44.6 Å². The molecule has 1 atom stereocenters. The second-order valence-corrected chi connectivity index (χ2v) is 9.60. The van der Waals surface area contributed by atoms with Crippen LogP contribution in [0.5, 0.6) is 0 Å². The Bertz CT molecular complexity index is 1210. The summed E-state index contributed by atoms with van der Waals surface area (Å²) >= 11 is 0. The Balaban J connectivity index is 0.000000413. The highest BCUT2D eigenvalue weighted by Gasteiger charge is 2.47. The SMILES string of the molecule is Cc1cccc(COC2CCOC3(C2)CN(Cc2ccccn2)C3)n1.O=C(O)C(F)(F)F.O=C(O)C(F)(F)F.O=C(O)C(F)(F)F. The van der Waals surface area contributed by atoms with Crippen molar-refractivity contribution in [2.24, 2.45) is 0 Å². The first-order chi connectivity index (χ1) is 21.0. The van der Waals surface area contributed by atoms with Gasteiger partial charge in [-0.25, -0.2) is 14.4 Å². The number of likely N-dealkylation sites (tertiary alicyclic amines) is 1. The van der Waals surface area contributed by atoms with Crippen LogP contribution in [0.1, 0.15) is 29.9 Å². The number of halogens is 9. The highest BCUT2D eigenvalue weighted by atomic mass is 19.4. The van der Waals surface area contributed by atoms with Crippen LogP contribution in [-0.4, -0.2) is 98.0 Å². The number of pyridine rings is 2. The van der Waals surface area contributed by atoms with Gasteiger partial charge in [-0.15, -0.1) is 0 Å². The van der Waals surface area contributed by atoms with E-state index in [1.54, 1.807) is 0 Å². The number of ether oxygens (including phenoxy) is 2. The van der Waals surface area contributed by atoms with Crippen molar-refractivity contribution in [1.29, 1.82) is 0 Å². The second-order valence-electron chi connectivity index (χ2n) is 9.60. The van der Waals surface area contributed by atoms with Gasteiger partial charge in [0.15, 0.2) is 0 Å². The molecule has 3 N–H and O–H groups in total. The Hall–Kier alpha value is -4.04. The van der Waals surface area contributed by atoms with Crippen molar-refractivity contribution in [3.63, 3.8) is 0 Å². The van der Waals surface area contributed by atoms with E-state index in [2.05, 4.69) is 20.9 Å². The van der Waals surface area contributed by atoms with Crippen LogP contribution in [-0.2, 0) is 37.0 Å². The Morgan fingerprint density at radius 2 is 1.37 bits per heavy atom. The summed E-state index contributed by atoms with van der Waals surface area (Å²) in [6.07, 6.45) is -11.2. The lowest BCUT2D eigenvalue weighted by molar-refractivity contribution is -0.200. The normalized spacial score (nSPS) is 17.5. The quantitative estimate of drug-likeness (QED) is 0.378. The van der Waals surface area contributed by atoms with Gasteiger partial charge >= 0.3 is 36.4 Å². The van der Waals surface area contributed by atoms with Gasteiger partial charge in [0.05, 0.1) is 29.7 Å². The minimum absolute atomic E-state index is 0.0300. The molecule has 2 saturated heterocycles. The Morgan fingerprint density at radius 3 is 1.80 bits per heavy atom. The Morgan fingerprint density at radius 1 is 0.870 bits per heavy atom. The molecule has 1 unspecified atom stereocenters. The maximum Gasteiger partial charge on any atom is 0.490 e. The molecule has 2 fully saturated rings. The maximum atomic E-state index is 10.6. The Kier molecular flexibility index (Phi) is 14.8. The third-order valence-electron chi connectivity index (χ3n) is 5.72. The fourth-order valence-corrected chi connectivity index (χ4v) is 3.83. The summed E-state index contributed by atoms with van der Waals surface area (Å²) in [7, 11) is 0. The molecule has 20 heteroatoms. The second kappa shape index (κ2) is 17.0. The van der Waals surface area contributed by atoms with Crippen molar-refractivity contribution in [2.45, 2.75) is 63.2 Å². The average Bonchev–Trinajstić information content (AvgIpc) is 2.91. The summed E-state index contributed by atoms with van der Waals surface area (Å²) in [6, 6.07) is 12.1. The third-order valence-corrected chi connectivity index (χ3v) is 5.72. The lowest BCUT2D eigenvalue weighted by Crippen LogP contribution is -2.65. The molecule has 0 radical (unpaired) electrons. The molecule has 0 aromatic carbocycles. The van der Waals surface area contributed by atoms with Crippen molar-refractivity contribution >= 4 is 17.9 Å². The first-order valence-corrected chi connectivity index (χ1v) is 12.7. The summed E-state index contributed by atoms with van der Waals surface area (Å²) in [5, 5.41) is 21.4. The van der Waals surface area contributed by atoms with Gasteiger partial charge in [-0.1, -0.05) is 12.1 Å². The summed E-state index contributed by atoms with van der Waals surface area (Å²) < 4.78 is 107. The molecule has 0 saturated carbocycles. The number of carboxylic acids is 3. The van der Waals surface area contributed by atoms with Crippen LogP contribution < -0.4 is 0 Å². The highest BCUT2D eigenvalue weighted by Crippen LogP contribution is 2.36. The molecular weight excluding hydrogens is 653 g/mol. The number of carbonyl (C=O) groups is 3. The monoisotopic (exact) mass is 681 g/mol. The zero-order chi connectivity index (χ0) is 35.3. The van der Waals surface area contributed by atoms with E-state index in [1.165, 1.54) is 0 Å². The maximum absolute atomic E-state index is 10.6. The zero-order valence-electron chi connectivity index (χ0n) is 23.7. The first-order valence-electron chi connectivity index (χ1n) is 12.7. The largest absolute Gasteiger partial charge is 0.490 e. The number of hydrogen-bond acceptors (Lipinski definition) is 8. The number of alkyl halides is 9. The Labute approximate surface area is 254 Å². The number of nitrogens with zero attached hydrogens (tertiary/aromatic N) is 3. The van der Waals surface area contributed by atoms with Crippen molar-refractivity contribution in [2.75, 3.05) is 19.7 Å². The van der Waals surface area contributed by atoms with Gasteiger partial charge in [-0.3, -0.25) is 14.9 Å². The van der Waals surface area contributed by atoms with E-state index in [-0.39, 0.29) is 11.7 Å². The van der Waals surface area contributed by atoms with Crippen molar-refractivity contribution in [3.8, 4) is 0 Å². The molecular formula is C26H28F9N3O8. The van der Waals surface area contributed by atoms with Gasteiger partial charge in [-0.05, 0) is 37.6 Å². The van der Waals surface area contributed by atoms with E-state index in [9.17, 15) is 39.5 Å². The van der Waals surface area contributed by atoms with E-state index in [1.807, 2.05) is 43.5 Å². The molecule has 1 spiro atoms. The van der Waals surface area contributed by atoms with E-state index in [4.69, 9.17) is 39.2 Å². The lowest BCUT2D eigenvalue weighted by Gasteiger charge is -2.53. The molecule has 0 aliphatic carbocycles. The number of hydrogen-bond donors (Lipinski definition) is 3. The summed E-state index contributed by atoms with van der Waals surface area (Å²) in [5.41, 5.74) is 3.13. The van der Waals surface area contributed by atoms with E-state index >= 15 is 0 Å². The molecule has 0 bridgehead atoms. The fraction of sp³-hybridized carbons (Fsp3) is 0.500. The molecule has 2 aromatic heterocycles. The van der Waals surface area contributed by atoms with Crippen molar-refractivity contribution in [1.82, 2.24) is 14.9 Å².